The van der Waals surface area contributed by atoms with Crippen molar-refractivity contribution in [1.29, 1.82) is 0 Å². The third-order valence-electron chi connectivity index (χ3n) is 3.77. The summed E-state index contributed by atoms with van der Waals surface area (Å²) in [5.41, 5.74) is 0. The molecule has 2 aliphatic heterocycles. The molecule has 0 bridgehead atoms. The Balaban J connectivity index is 1.96. The molecule has 6 heteroatoms. The van der Waals surface area contributed by atoms with Gasteiger partial charge in [0, 0.05) is 32.5 Å². The lowest BCUT2D eigenvalue weighted by molar-refractivity contribution is -0.141. The molecule has 6 nitrogen and oxygen atoms in total. The lowest BCUT2D eigenvalue weighted by Gasteiger charge is -2.24. The lowest BCUT2D eigenvalue weighted by atomic mass is 10.1. The van der Waals surface area contributed by atoms with Gasteiger partial charge < -0.3 is 14.9 Å². The summed E-state index contributed by atoms with van der Waals surface area (Å²) in [6.07, 6.45) is 1.32. The Labute approximate surface area is 106 Å². The number of amides is 2. The zero-order chi connectivity index (χ0) is 13.3. The summed E-state index contributed by atoms with van der Waals surface area (Å²) in [6, 6.07) is -0.00245. The molecule has 2 fully saturated rings. The van der Waals surface area contributed by atoms with Gasteiger partial charge in [0.05, 0.1) is 12.0 Å². The highest BCUT2D eigenvalue weighted by atomic mass is 16.4. The Hall–Kier alpha value is -1.59. The number of carboxylic acids is 1. The van der Waals surface area contributed by atoms with E-state index < -0.39 is 11.9 Å². The quantitative estimate of drug-likeness (QED) is 0.764. The second-order valence-electron chi connectivity index (χ2n) is 4.92. The lowest BCUT2D eigenvalue weighted by Crippen LogP contribution is -2.40. The topological polar surface area (TPSA) is 77.9 Å². The molecule has 0 radical (unpaired) electrons. The van der Waals surface area contributed by atoms with Crippen LogP contribution in [0.5, 0.6) is 0 Å². The highest BCUT2D eigenvalue weighted by Gasteiger charge is 2.40. The number of nitrogens with zero attached hydrogens (tertiary/aromatic N) is 2. The highest BCUT2D eigenvalue weighted by Crippen LogP contribution is 2.25. The standard InChI is InChI=1S/C12H18N2O4/c1-2-10(15)13-4-3-9(7-13)14-6-8(12(17)18)5-11(14)16/h8-9H,2-7H2,1H3,(H,17,18). The van der Waals surface area contributed by atoms with Crippen molar-refractivity contribution >= 4 is 17.8 Å². The van der Waals surface area contributed by atoms with Gasteiger partial charge in [0.25, 0.3) is 0 Å². The second kappa shape index (κ2) is 4.96. The number of likely N-dealkylation sites (tertiary alicyclic amines) is 2. The van der Waals surface area contributed by atoms with Crippen LogP contribution in [0.3, 0.4) is 0 Å². The van der Waals surface area contributed by atoms with Crippen molar-refractivity contribution < 1.29 is 19.5 Å². The van der Waals surface area contributed by atoms with Crippen LogP contribution in [0.1, 0.15) is 26.2 Å². The van der Waals surface area contributed by atoms with Crippen LogP contribution in [0.25, 0.3) is 0 Å². The van der Waals surface area contributed by atoms with Crippen LogP contribution < -0.4 is 0 Å². The van der Waals surface area contributed by atoms with E-state index in [4.69, 9.17) is 5.11 Å². The Bertz CT molecular complexity index is 382. The van der Waals surface area contributed by atoms with Crippen LogP contribution in [-0.4, -0.2) is 58.4 Å². The summed E-state index contributed by atoms with van der Waals surface area (Å²) < 4.78 is 0. The highest BCUT2D eigenvalue weighted by molar-refractivity contribution is 5.86. The van der Waals surface area contributed by atoms with E-state index >= 15 is 0 Å². The molecule has 0 aromatic rings. The molecule has 2 atom stereocenters. The molecule has 2 amide bonds. The van der Waals surface area contributed by atoms with Crippen molar-refractivity contribution in [3.05, 3.63) is 0 Å². The first-order valence-corrected chi connectivity index (χ1v) is 6.33. The Morgan fingerprint density at radius 3 is 2.67 bits per heavy atom. The first-order chi connectivity index (χ1) is 8.52. The van der Waals surface area contributed by atoms with Gasteiger partial charge in [-0.05, 0) is 6.42 Å². The summed E-state index contributed by atoms with van der Waals surface area (Å²) in [4.78, 5) is 37.6. The van der Waals surface area contributed by atoms with Gasteiger partial charge in [-0.1, -0.05) is 6.92 Å². The molecule has 0 aromatic carbocycles. The average molecular weight is 254 g/mol. The van der Waals surface area contributed by atoms with Gasteiger partial charge in [0.15, 0.2) is 0 Å². The van der Waals surface area contributed by atoms with E-state index in [-0.39, 0.29) is 30.8 Å². The molecule has 18 heavy (non-hydrogen) atoms. The molecule has 2 rings (SSSR count). The molecule has 2 unspecified atom stereocenters. The Morgan fingerprint density at radius 2 is 2.11 bits per heavy atom. The fourth-order valence-corrected chi connectivity index (χ4v) is 2.70. The van der Waals surface area contributed by atoms with E-state index in [1.54, 1.807) is 9.80 Å². The van der Waals surface area contributed by atoms with E-state index in [9.17, 15) is 14.4 Å². The molecular weight excluding hydrogens is 236 g/mol. The van der Waals surface area contributed by atoms with Crippen LogP contribution in [0.2, 0.25) is 0 Å². The minimum atomic E-state index is -0.912. The number of carboxylic acid groups (broad SMARTS) is 1. The maximum atomic E-state index is 11.8. The summed E-state index contributed by atoms with van der Waals surface area (Å²) in [5.74, 6) is -1.50. The van der Waals surface area contributed by atoms with Gasteiger partial charge in [0.1, 0.15) is 0 Å². The van der Waals surface area contributed by atoms with E-state index in [0.29, 0.717) is 19.5 Å². The summed E-state index contributed by atoms with van der Waals surface area (Å²) in [6.45, 7) is 3.31. The normalized spacial score (nSPS) is 27.9. The molecule has 0 aromatic heterocycles. The van der Waals surface area contributed by atoms with Crippen LogP contribution >= 0.6 is 0 Å². The van der Waals surface area contributed by atoms with Crippen LogP contribution in [-0.2, 0) is 14.4 Å². The zero-order valence-electron chi connectivity index (χ0n) is 10.5. The Kier molecular flexibility index (Phi) is 3.54. The smallest absolute Gasteiger partial charge is 0.308 e. The van der Waals surface area contributed by atoms with E-state index in [0.717, 1.165) is 6.42 Å². The molecule has 0 spiro atoms. The number of carbonyl (C=O) groups is 3. The number of aliphatic carboxylic acids is 1. The number of hydrogen-bond donors (Lipinski definition) is 1. The number of rotatable bonds is 3. The van der Waals surface area contributed by atoms with Crippen LogP contribution in [0.15, 0.2) is 0 Å². The third kappa shape index (κ3) is 2.32. The van der Waals surface area contributed by atoms with Crippen LogP contribution in [0.4, 0.5) is 0 Å². The zero-order valence-corrected chi connectivity index (χ0v) is 10.5. The summed E-state index contributed by atoms with van der Waals surface area (Å²) in [5, 5.41) is 8.93. The van der Waals surface area contributed by atoms with Gasteiger partial charge >= 0.3 is 5.97 Å². The molecule has 100 valence electrons. The minimum absolute atomic E-state index is 0.00245. The molecule has 1 N–H and O–H groups in total. The summed E-state index contributed by atoms with van der Waals surface area (Å²) in [7, 11) is 0. The van der Waals surface area contributed by atoms with Gasteiger partial charge in [-0.2, -0.15) is 0 Å². The van der Waals surface area contributed by atoms with Crippen molar-refractivity contribution in [2.75, 3.05) is 19.6 Å². The second-order valence-corrected chi connectivity index (χ2v) is 4.92. The van der Waals surface area contributed by atoms with Crippen molar-refractivity contribution in [2.24, 2.45) is 5.92 Å². The van der Waals surface area contributed by atoms with E-state index in [2.05, 4.69) is 0 Å². The van der Waals surface area contributed by atoms with Crippen molar-refractivity contribution in [3.8, 4) is 0 Å². The van der Waals surface area contributed by atoms with E-state index in [1.165, 1.54) is 0 Å². The molecule has 2 heterocycles. The maximum Gasteiger partial charge on any atom is 0.308 e. The summed E-state index contributed by atoms with van der Waals surface area (Å²) >= 11 is 0. The van der Waals surface area contributed by atoms with Crippen molar-refractivity contribution in [2.45, 2.75) is 32.2 Å². The predicted octanol–water partition coefficient (Wildman–Crippen LogP) is -0.0696. The number of carbonyl (C=O) groups excluding carboxylic acids is 2. The van der Waals surface area contributed by atoms with Crippen LogP contribution in [0, 0.1) is 5.92 Å². The molecule has 2 saturated heterocycles. The SMILES string of the molecule is CCC(=O)N1CCC(N2CC(C(=O)O)CC2=O)C1. The fraction of sp³-hybridized carbons (Fsp3) is 0.750. The first kappa shape index (κ1) is 12.9. The third-order valence-corrected chi connectivity index (χ3v) is 3.77. The first-order valence-electron chi connectivity index (χ1n) is 6.33. The van der Waals surface area contributed by atoms with Gasteiger partial charge in [0.2, 0.25) is 11.8 Å². The molecule has 2 aliphatic rings. The van der Waals surface area contributed by atoms with Gasteiger partial charge in [-0.15, -0.1) is 0 Å². The van der Waals surface area contributed by atoms with Gasteiger partial charge in [-0.3, -0.25) is 14.4 Å². The average Bonchev–Trinajstić information content (AvgIpc) is 2.94. The van der Waals surface area contributed by atoms with E-state index in [1.807, 2.05) is 6.92 Å². The van der Waals surface area contributed by atoms with Gasteiger partial charge in [-0.25, -0.2) is 0 Å². The number of hydrogen-bond acceptors (Lipinski definition) is 3. The molecule has 0 aliphatic carbocycles. The fourth-order valence-electron chi connectivity index (χ4n) is 2.70. The molecular formula is C12H18N2O4. The largest absolute Gasteiger partial charge is 0.481 e. The maximum absolute atomic E-state index is 11.8. The monoisotopic (exact) mass is 254 g/mol. The predicted molar refractivity (Wildman–Crippen MR) is 62.7 cm³/mol. The molecule has 0 saturated carbocycles. The Morgan fingerprint density at radius 1 is 1.39 bits per heavy atom. The van der Waals surface area contributed by atoms with Crippen molar-refractivity contribution in [1.82, 2.24) is 9.80 Å². The van der Waals surface area contributed by atoms with Crippen molar-refractivity contribution in [3.63, 3.8) is 0 Å². The minimum Gasteiger partial charge on any atom is -0.481 e.